The van der Waals surface area contributed by atoms with Crippen LogP contribution in [0.5, 0.6) is 0 Å². The lowest BCUT2D eigenvalue weighted by atomic mass is 10.0. The van der Waals surface area contributed by atoms with Gasteiger partial charge in [-0.3, -0.25) is 0 Å². The lowest BCUT2D eigenvalue weighted by Gasteiger charge is -2.08. The molecule has 0 heterocycles. The normalized spacial score (nSPS) is 11.2. The van der Waals surface area contributed by atoms with Crippen LogP contribution >= 0.6 is 0 Å². The molecule has 30 heavy (non-hydrogen) atoms. The monoisotopic (exact) mass is 426 g/mol. The SMILES string of the molecule is CC(C)CCCCCCCCCCCN.CCCCCCCCCCCCN(C)C. The minimum atomic E-state index is 0.870. The molecule has 0 aliphatic heterocycles. The Hall–Kier alpha value is -0.0800. The van der Waals surface area contributed by atoms with Crippen molar-refractivity contribution in [3.8, 4) is 0 Å². The van der Waals surface area contributed by atoms with Gasteiger partial charge in [0.25, 0.3) is 0 Å². The van der Waals surface area contributed by atoms with Gasteiger partial charge in [0, 0.05) is 0 Å². The van der Waals surface area contributed by atoms with Gasteiger partial charge >= 0.3 is 0 Å². The second kappa shape index (κ2) is 28.9. The number of hydrogen-bond acceptors (Lipinski definition) is 2. The summed E-state index contributed by atoms with van der Waals surface area (Å²) in [6, 6.07) is 0. The smallest absolute Gasteiger partial charge is 0.00248 e. The van der Waals surface area contributed by atoms with Gasteiger partial charge in [-0.05, 0) is 45.9 Å². The standard InChI is InChI=1S/2C14H31N/c1-14(2)12-10-8-6-4-3-5-7-9-11-13-15;1-4-5-6-7-8-9-10-11-12-13-14-15(2)3/h14H,3-13,15H2,1-2H3;4-14H2,1-3H3. The fourth-order valence-electron chi connectivity index (χ4n) is 3.85. The molecule has 0 aromatic rings. The summed E-state index contributed by atoms with van der Waals surface area (Å²) in [7, 11) is 4.32. The van der Waals surface area contributed by atoms with Gasteiger partial charge in [-0.15, -0.1) is 0 Å². The Bertz CT molecular complexity index is 248. The first kappa shape index (κ1) is 32.1. The lowest BCUT2D eigenvalue weighted by molar-refractivity contribution is 0.389. The fraction of sp³-hybridized carbons (Fsp3) is 1.00. The Labute approximate surface area is 193 Å². The quantitative estimate of drug-likeness (QED) is 0.175. The molecule has 0 unspecified atom stereocenters. The first-order valence-corrected chi connectivity index (χ1v) is 13.9. The van der Waals surface area contributed by atoms with E-state index in [4.69, 9.17) is 5.73 Å². The van der Waals surface area contributed by atoms with Crippen LogP contribution in [0, 0.1) is 5.92 Å². The lowest BCUT2D eigenvalue weighted by Crippen LogP contribution is -2.12. The Morgan fingerprint density at radius 1 is 0.533 bits per heavy atom. The molecule has 184 valence electrons. The second-order valence-electron chi connectivity index (χ2n) is 10.1. The molecule has 0 bridgehead atoms. The molecule has 0 atom stereocenters. The van der Waals surface area contributed by atoms with E-state index < -0.39 is 0 Å². The summed E-state index contributed by atoms with van der Waals surface area (Å²) < 4.78 is 0. The van der Waals surface area contributed by atoms with E-state index >= 15 is 0 Å². The van der Waals surface area contributed by atoms with Crippen molar-refractivity contribution < 1.29 is 0 Å². The van der Waals surface area contributed by atoms with Gasteiger partial charge in [0.2, 0.25) is 0 Å². The van der Waals surface area contributed by atoms with Crippen molar-refractivity contribution in [3.63, 3.8) is 0 Å². The highest BCUT2D eigenvalue weighted by molar-refractivity contribution is 4.50. The zero-order valence-electron chi connectivity index (χ0n) is 22.2. The maximum atomic E-state index is 5.45. The summed E-state index contributed by atoms with van der Waals surface area (Å²) in [4.78, 5) is 2.28. The molecule has 2 nitrogen and oxygen atoms in total. The van der Waals surface area contributed by atoms with E-state index in [1.807, 2.05) is 0 Å². The van der Waals surface area contributed by atoms with Crippen molar-refractivity contribution in [1.29, 1.82) is 0 Å². The third-order valence-electron chi connectivity index (χ3n) is 5.94. The van der Waals surface area contributed by atoms with Crippen LogP contribution < -0.4 is 5.73 Å². The highest BCUT2D eigenvalue weighted by Crippen LogP contribution is 2.13. The molecule has 0 saturated carbocycles. The van der Waals surface area contributed by atoms with Crippen molar-refractivity contribution >= 4 is 0 Å². The number of rotatable bonds is 22. The molecule has 0 radical (unpaired) electrons. The van der Waals surface area contributed by atoms with E-state index in [1.54, 1.807) is 0 Å². The predicted octanol–water partition coefficient (Wildman–Crippen LogP) is 8.97. The zero-order valence-corrected chi connectivity index (χ0v) is 22.2. The molecular formula is C28H62N2. The zero-order chi connectivity index (χ0) is 22.7. The van der Waals surface area contributed by atoms with Crippen LogP contribution in [0.3, 0.4) is 0 Å². The van der Waals surface area contributed by atoms with Gasteiger partial charge in [-0.1, -0.05) is 136 Å². The molecule has 0 spiro atoms. The molecule has 2 N–H and O–H groups in total. The first-order valence-electron chi connectivity index (χ1n) is 13.9. The van der Waals surface area contributed by atoms with Crippen LogP contribution in [0.1, 0.15) is 149 Å². The highest BCUT2D eigenvalue weighted by Gasteiger charge is 1.95. The fourth-order valence-corrected chi connectivity index (χ4v) is 3.85. The molecule has 0 saturated heterocycles. The summed E-state index contributed by atoms with van der Waals surface area (Å²) in [5.74, 6) is 0.890. The van der Waals surface area contributed by atoms with E-state index in [2.05, 4.69) is 39.8 Å². The molecular weight excluding hydrogens is 364 g/mol. The van der Waals surface area contributed by atoms with Gasteiger partial charge in [-0.2, -0.15) is 0 Å². The van der Waals surface area contributed by atoms with Gasteiger partial charge in [0.1, 0.15) is 0 Å². The summed E-state index contributed by atoms with van der Waals surface area (Å²) in [5.41, 5.74) is 5.45. The van der Waals surface area contributed by atoms with Crippen LogP contribution in [-0.2, 0) is 0 Å². The number of unbranched alkanes of at least 4 members (excludes halogenated alkanes) is 17. The van der Waals surface area contributed by atoms with Crippen molar-refractivity contribution in [2.75, 3.05) is 27.2 Å². The average molecular weight is 427 g/mol. The Kier molecular flexibility index (Phi) is 30.9. The van der Waals surface area contributed by atoms with E-state index in [-0.39, 0.29) is 0 Å². The van der Waals surface area contributed by atoms with Gasteiger partial charge in [0.15, 0.2) is 0 Å². The summed E-state index contributed by atoms with van der Waals surface area (Å²) in [6.07, 6.45) is 28.3. The van der Waals surface area contributed by atoms with Crippen LogP contribution in [-0.4, -0.2) is 32.1 Å². The molecule has 0 aromatic heterocycles. The maximum absolute atomic E-state index is 5.45. The number of hydrogen-bond donors (Lipinski definition) is 1. The van der Waals surface area contributed by atoms with Crippen LogP contribution in [0.4, 0.5) is 0 Å². The molecule has 0 aliphatic rings. The molecule has 0 aromatic carbocycles. The van der Waals surface area contributed by atoms with Crippen molar-refractivity contribution in [2.24, 2.45) is 11.7 Å². The number of nitrogens with zero attached hydrogens (tertiary/aromatic N) is 1. The summed E-state index contributed by atoms with van der Waals surface area (Å²) in [5, 5.41) is 0. The van der Waals surface area contributed by atoms with Crippen LogP contribution in [0.15, 0.2) is 0 Å². The largest absolute Gasteiger partial charge is 0.330 e. The Morgan fingerprint density at radius 3 is 1.27 bits per heavy atom. The van der Waals surface area contributed by atoms with Gasteiger partial charge in [0.05, 0.1) is 0 Å². The summed E-state index contributed by atoms with van der Waals surface area (Å²) in [6.45, 7) is 9.05. The molecule has 0 amide bonds. The molecule has 0 fully saturated rings. The predicted molar refractivity (Wildman–Crippen MR) is 140 cm³/mol. The average Bonchev–Trinajstić information content (AvgIpc) is 2.71. The maximum Gasteiger partial charge on any atom is -0.00248 e. The molecule has 0 rings (SSSR count). The minimum Gasteiger partial charge on any atom is -0.330 e. The Morgan fingerprint density at radius 2 is 0.900 bits per heavy atom. The van der Waals surface area contributed by atoms with Crippen molar-refractivity contribution in [3.05, 3.63) is 0 Å². The Balaban J connectivity index is 0. The van der Waals surface area contributed by atoms with Gasteiger partial charge < -0.3 is 10.6 Å². The highest BCUT2D eigenvalue weighted by atomic mass is 15.0. The van der Waals surface area contributed by atoms with E-state index in [0.29, 0.717) is 0 Å². The van der Waals surface area contributed by atoms with Crippen LogP contribution in [0.2, 0.25) is 0 Å². The van der Waals surface area contributed by atoms with Gasteiger partial charge in [-0.25, -0.2) is 0 Å². The van der Waals surface area contributed by atoms with E-state index in [1.165, 1.54) is 135 Å². The van der Waals surface area contributed by atoms with Crippen molar-refractivity contribution in [2.45, 2.75) is 149 Å². The van der Waals surface area contributed by atoms with E-state index in [9.17, 15) is 0 Å². The number of nitrogens with two attached hydrogens (primary N) is 1. The van der Waals surface area contributed by atoms with Crippen LogP contribution in [0.25, 0.3) is 0 Å². The second-order valence-corrected chi connectivity index (χ2v) is 10.1. The van der Waals surface area contributed by atoms with E-state index in [0.717, 1.165) is 12.5 Å². The third-order valence-corrected chi connectivity index (χ3v) is 5.94. The summed E-state index contributed by atoms with van der Waals surface area (Å²) >= 11 is 0. The molecule has 2 heteroatoms. The minimum absolute atomic E-state index is 0.870. The molecule has 0 aliphatic carbocycles. The van der Waals surface area contributed by atoms with Crippen molar-refractivity contribution in [1.82, 2.24) is 4.90 Å². The third kappa shape index (κ3) is 35.4. The topological polar surface area (TPSA) is 29.3 Å². The first-order chi connectivity index (χ1) is 14.5.